The zero-order chi connectivity index (χ0) is 22.8. The van der Waals surface area contributed by atoms with E-state index < -0.39 is 11.8 Å². The summed E-state index contributed by atoms with van der Waals surface area (Å²) in [7, 11) is 4.51. The van der Waals surface area contributed by atoms with Crippen LogP contribution in [0.3, 0.4) is 0 Å². The van der Waals surface area contributed by atoms with Crippen molar-refractivity contribution in [3.63, 3.8) is 0 Å². The van der Waals surface area contributed by atoms with Gasteiger partial charge in [-0.25, -0.2) is 0 Å². The molecule has 8 nitrogen and oxygen atoms in total. The highest BCUT2D eigenvalue weighted by Gasteiger charge is 2.35. The Morgan fingerprint density at radius 2 is 1.58 bits per heavy atom. The van der Waals surface area contributed by atoms with E-state index in [4.69, 9.17) is 19.9 Å². The Bertz CT molecular complexity index is 1220. The number of nitrogens with one attached hydrogen (secondary N) is 1. The molecule has 0 saturated heterocycles. The van der Waals surface area contributed by atoms with Gasteiger partial charge in [-0.1, -0.05) is 18.2 Å². The van der Waals surface area contributed by atoms with E-state index in [9.17, 15) is 9.59 Å². The zero-order valence-electron chi connectivity index (χ0n) is 18.6. The minimum atomic E-state index is -0.474. The molecule has 3 aromatic rings. The number of ether oxygens (including phenoxy) is 3. The van der Waals surface area contributed by atoms with E-state index in [0.717, 1.165) is 17.3 Å². The van der Waals surface area contributed by atoms with E-state index in [1.165, 1.54) is 21.3 Å². The Balaban J connectivity index is 0.00000306. The first-order chi connectivity index (χ1) is 15.5. The summed E-state index contributed by atoms with van der Waals surface area (Å²) < 4.78 is 18.3. The number of hydrogen-bond donors (Lipinski definition) is 2. The molecule has 0 aliphatic carbocycles. The number of carbonyl (C=O) groups is 2. The summed E-state index contributed by atoms with van der Waals surface area (Å²) in [4.78, 5) is 25.9. The van der Waals surface area contributed by atoms with Crippen LogP contribution in [-0.4, -0.2) is 44.3 Å². The van der Waals surface area contributed by atoms with E-state index in [0.29, 0.717) is 47.0 Å². The standard InChI is InChI=1S/C24H25N3O5.ClH/c1-30-18-11-14(12-19(31-2)22(18)32-3)20-21(24(29)26-23(20)28)16-13-27(10-6-9-25)17-8-5-4-7-15(16)17;/h4-5,7-8,11-13H,6,9-10,25H2,1-3H3,(H,26,28,29);1H. The highest BCUT2D eigenvalue weighted by Crippen LogP contribution is 2.43. The summed E-state index contributed by atoms with van der Waals surface area (Å²) in [6.07, 6.45) is 2.70. The Morgan fingerprint density at radius 1 is 0.939 bits per heavy atom. The summed E-state index contributed by atoms with van der Waals surface area (Å²) in [5.41, 5.74) is 8.43. The number of nitrogens with two attached hydrogens (primary N) is 1. The molecule has 2 aromatic carbocycles. The fraction of sp³-hybridized carbons (Fsp3) is 0.250. The first-order valence-electron chi connectivity index (χ1n) is 10.2. The zero-order valence-corrected chi connectivity index (χ0v) is 19.5. The number of para-hydroxylation sites is 1. The van der Waals surface area contributed by atoms with Crippen LogP contribution in [-0.2, 0) is 16.1 Å². The van der Waals surface area contributed by atoms with Crippen molar-refractivity contribution in [2.45, 2.75) is 13.0 Å². The molecule has 0 atom stereocenters. The number of carbonyl (C=O) groups excluding carboxylic acids is 2. The molecule has 4 rings (SSSR count). The van der Waals surface area contributed by atoms with Gasteiger partial charge in [0.2, 0.25) is 5.75 Å². The number of rotatable bonds is 8. The van der Waals surface area contributed by atoms with Crippen LogP contribution in [0.4, 0.5) is 0 Å². The van der Waals surface area contributed by atoms with E-state index in [1.54, 1.807) is 12.1 Å². The predicted molar refractivity (Wildman–Crippen MR) is 129 cm³/mol. The van der Waals surface area contributed by atoms with E-state index in [1.807, 2.05) is 30.5 Å². The summed E-state index contributed by atoms with van der Waals surface area (Å²) in [5, 5.41) is 3.32. The van der Waals surface area contributed by atoms with Crippen molar-refractivity contribution in [2.75, 3.05) is 27.9 Å². The number of halogens is 1. The lowest BCUT2D eigenvalue weighted by molar-refractivity contribution is -0.122. The summed E-state index contributed by atoms with van der Waals surface area (Å²) in [5.74, 6) is 0.278. The van der Waals surface area contributed by atoms with Crippen molar-refractivity contribution >= 4 is 46.3 Å². The molecule has 2 heterocycles. The lowest BCUT2D eigenvalue weighted by Crippen LogP contribution is -2.22. The number of nitrogens with zero attached hydrogens (tertiary/aromatic N) is 1. The fourth-order valence-electron chi connectivity index (χ4n) is 4.11. The molecular weight excluding hydrogens is 446 g/mol. The van der Waals surface area contributed by atoms with Gasteiger partial charge in [0.25, 0.3) is 11.8 Å². The van der Waals surface area contributed by atoms with E-state index in [2.05, 4.69) is 9.88 Å². The third-order valence-electron chi connectivity index (χ3n) is 5.55. The smallest absolute Gasteiger partial charge is 0.259 e. The van der Waals surface area contributed by atoms with Crippen LogP contribution < -0.4 is 25.3 Å². The average molecular weight is 472 g/mol. The maximum absolute atomic E-state index is 13.0. The first kappa shape index (κ1) is 24.2. The number of hydrogen-bond acceptors (Lipinski definition) is 6. The lowest BCUT2D eigenvalue weighted by Gasteiger charge is -2.14. The van der Waals surface area contributed by atoms with Gasteiger partial charge in [-0.05, 0) is 36.7 Å². The maximum Gasteiger partial charge on any atom is 0.259 e. The molecule has 33 heavy (non-hydrogen) atoms. The lowest BCUT2D eigenvalue weighted by atomic mass is 9.95. The van der Waals surface area contributed by atoms with Crippen LogP contribution in [0.2, 0.25) is 0 Å². The van der Waals surface area contributed by atoms with Crippen molar-refractivity contribution in [3.8, 4) is 17.2 Å². The molecule has 174 valence electrons. The minimum absolute atomic E-state index is 0. The average Bonchev–Trinajstić information content (AvgIpc) is 3.32. The molecule has 0 saturated carbocycles. The van der Waals surface area contributed by atoms with Crippen LogP contribution in [0, 0.1) is 0 Å². The molecule has 0 spiro atoms. The van der Waals surface area contributed by atoms with Crippen LogP contribution in [0.25, 0.3) is 22.0 Å². The van der Waals surface area contributed by atoms with Crippen molar-refractivity contribution < 1.29 is 23.8 Å². The van der Waals surface area contributed by atoms with Gasteiger partial charge in [0, 0.05) is 29.2 Å². The number of amides is 2. The largest absolute Gasteiger partial charge is 0.493 e. The molecule has 0 radical (unpaired) electrons. The molecule has 0 unspecified atom stereocenters. The van der Waals surface area contributed by atoms with Crippen molar-refractivity contribution in [1.82, 2.24) is 9.88 Å². The molecule has 0 fully saturated rings. The Morgan fingerprint density at radius 3 is 2.18 bits per heavy atom. The topological polar surface area (TPSA) is 105 Å². The summed E-state index contributed by atoms with van der Waals surface area (Å²) in [6, 6.07) is 11.1. The van der Waals surface area contributed by atoms with E-state index in [-0.39, 0.29) is 18.0 Å². The summed E-state index contributed by atoms with van der Waals surface area (Å²) >= 11 is 0. The van der Waals surface area contributed by atoms with Gasteiger partial charge >= 0.3 is 0 Å². The molecule has 3 N–H and O–H groups in total. The quantitative estimate of drug-likeness (QED) is 0.489. The molecule has 9 heteroatoms. The second-order valence-electron chi connectivity index (χ2n) is 7.34. The van der Waals surface area contributed by atoms with Crippen LogP contribution in [0.15, 0.2) is 42.6 Å². The number of aryl methyl sites for hydroxylation is 1. The first-order valence-corrected chi connectivity index (χ1v) is 10.2. The SMILES string of the molecule is COc1cc(C2=C(c3cn(CCCN)c4ccccc34)C(=O)NC2=O)cc(OC)c1OC.Cl. The number of imide groups is 1. The highest BCUT2D eigenvalue weighted by molar-refractivity contribution is 6.50. The third kappa shape index (κ3) is 4.15. The van der Waals surface area contributed by atoms with Gasteiger partial charge in [0.05, 0.1) is 32.5 Å². The fourth-order valence-corrected chi connectivity index (χ4v) is 4.11. The molecule has 2 amide bonds. The van der Waals surface area contributed by atoms with Crippen LogP contribution in [0.5, 0.6) is 17.2 Å². The Hall–Kier alpha value is -3.49. The number of methoxy groups -OCH3 is 3. The van der Waals surface area contributed by atoms with Gasteiger partial charge in [0.15, 0.2) is 11.5 Å². The number of fused-ring (bicyclic) bond motifs is 1. The van der Waals surface area contributed by atoms with Gasteiger partial charge in [0.1, 0.15) is 0 Å². The highest BCUT2D eigenvalue weighted by atomic mass is 35.5. The third-order valence-corrected chi connectivity index (χ3v) is 5.55. The van der Waals surface area contributed by atoms with Gasteiger partial charge in [-0.15, -0.1) is 12.4 Å². The molecule has 1 aliphatic heterocycles. The van der Waals surface area contributed by atoms with Crippen LogP contribution >= 0.6 is 12.4 Å². The van der Waals surface area contributed by atoms with Gasteiger partial charge in [-0.2, -0.15) is 0 Å². The van der Waals surface area contributed by atoms with Crippen LogP contribution in [0.1, 0.15) is 17.5 Å². The molecular formula is C24H26ClN3O5. The number of benzene rings is 2. The Labute approximate surface area is 197 Å². The Kier molecular flexibility index (Phi) is 7.30. The second-order valence-corrected chi connectivity index (χ2v) is 7.34. The summed E-state index contributed by atoms with van der Waals surface area (Å²) in [6.45, 7) is 1.26. The predicted octanol–water partition coefficient (Wildman–Crippen LogP) is 3.00. The minimum Gasteiger partial charge on any atom is -0.493 e. The van der Waals surface area contributed by atoms with Gasteiger partial charge < -0.3 is 24.5 Å². The van der Waals surface area contributed by atoms with Gasteiger partial charge in [-0.3, -0.25) is 14.9 Å². The normalized spacial score (nSPS) is 13.2. The molecule has 0 bridgehead atoms. The van der Waals surface area contributed by atoms with Crippen molar-refractivity contribution in [2.24, 2.45) is 5.73 Å². The van der Waals surface area contributed by atoms with Crippen molar-refractivity contribution in [1.29, 1.82) is 0 Å². The second kappa shape index (κ2) is 9.97. The monoisotopic (exact) mass is 471 g/mol. The molecule has 1 aromatic heterocycles. The maximum atomic E-state index is 13.0. The van der Waals surface area contributed by atoms with E-state index >= 15 is 0 Å². The van der Waals surface area contributed by atoms with Crippen molar-refractivity contribution in [3.05, 3.63) is 53.7 Å². The molecule has 1 aliphatic rings. The number of aromatic nitrogens is 1.